The molecule has 1 heterocycles. The van der Waals surface area contributed by atoms with Crippen LogP contribution in [0, 0.1) is 17.0 Å². The van der Waals surface area contributed by atoms with Crippen LogP contribution in [0.2, 0.25) is 0 Å². The smallest absolute Gasteiger partial charge is 0.324 e. The molecule has 0 aliphatic rings. The van der Waals surface area contributed by atoms with Gasteiger partial charge in [-0.15, -0.1) is 0 Å². The summed E-state index contributed by atoms with van der Waals surface area (Å²) in [6.45, 7) is 16.8. The van der Waals surface area contributed by atoms with Gasteiger partial charge >= 0.3 is 5.00 Å². The van der Waals surface area contributed by atoms with Gasteiger partial charge in [-0.2, -0.15) is 0 Å². The average molecular weight is 552 g/mol. The molecule has 0 amide bonds. The van der Waals surface area contributed by atoms with E-state index in [2.05, 4.69) is 90.9 Å². The van der Waals surface area contributed by atoms with E-state index in [1.165, 1.54) is 33.7 Å². The van der Waals surface area contributed by atoms with Crippen molar-refractivity contribution in [3.63, 3.8) is 0 Å². The van der Waals surface area contributed by atoms with Gasteiger partial charge in [-0.25, -0.2) is 0 Å². The number of Topliss-reactive ketones (excluding diaryl/α,β-unsaturated/α-hetero) is 1. The van der Waals surface area contributed by atoms with Crippen LogP contribution in [0.15, 0.2) is 76.7 Å². The van der Waals surface area contributed by atoms with E-state index in [4.69, 9.17) is 4.74 Å². The molecule has 38 heavy (non-hydrogen) atoms. The normalized spacial score (nSPS) is 12.3. The van der Waals surface area contributed by atoms with E-state index < -0.39 is 4.92 Å². The Bertz CT molecular complexity index is 1290. The maximum Gasteiger partial charge on any atom is 0.324 e. The van der Waals surface area contributed by atoms with Crippen LogP contribution in [-0.4, -0.2) is 10.7 Å². The van der Waals surface area contributed by atoms with Gasteiger partial charge in [0.2, 0.25) is 0 Å². The fourth-order valence-corrected chi connectivity index (χ4v) is 4.83. The van der Waals surface area contributed by atoms with Crippen molar-refractivity contribution < 1.29 is 14.5 Å². The molecule has 0 fully saturated rings. The van der Waals surface area contributed by atoms with Gasteiger partial charge in [0.25, 0.3) is 0 Å². The second-order valence-corrected chi connectivity index (χ2v) is 12.1. The van der Waals surface area contributed by atoms with E-state index in [9.17, 15) is 14.9 Å². The number of hydrogen-bond donors (Lipinski definition) is 0. The molecule has 0 N–H and O–H groups in total. The average Bonchev–Trinajstić information content (AvgIpc) is 3.39. The molecule has 0 bridgehead atoms. The number of thiophene rings is 1. The summed E-state index contributed by atoms with van der Waals surface area (Å²) in [6, 6.07) is 19.9. The molecule has 3 aromatic rings. The monoisotopic (exact) mass is 551 g/mol. The molecule has 0 atom stereocenters. The van der Waals surface area contributed by atoms with Gasteiger partial charge in [0.15, 0.2) is 10.9 Å². The Morgan fingerprint density at radius 2 is 1.63 bits per heavy atom. The molecule has 0 aliphatic carbocycles. The Labute approximate surface area is 234 Å². The van der Waals surface area contributed by atoms with E-state index in [1.807, 2.05) is 12.1 Å². The van der Waals surface area contributed by atoms with Crippen LogP contribution in [0.1, 0.15) is 81.2 Å². The fourth-order valence-electron chi connectivity index (χ4n) is 3.18. The molecule has 3 rings (SSSR count). The molecule has 0 spiro atoms. The highest BCUT2D eigenvalue weighted by Crippen LogP contribution is 2.35. The van der Waals surface area contributed by atoms with Crippen molar-refractivity contribution in [1.29, 1.82) is 0 Å². The molecule has 202 valence electrons. The van der Waals surface area contributed by atoms with Crippen LogP contribution in [0.4, 0.5) is 5.00 Å². The lowest BCUT2D eigenvalue weighted by Gasteiger charge is -2.20. The number of ketones is 1. The number of nitrogens with zero attached hydrogens (tertiary/aromatic N) is 1. The number of hydrogen-bond acceptors (Lipinski definition) is 6. The molecule has 5 nitrogen and oxygen atoms in total. The third-order valence-corrected chi connectivity index (χ3v) is 7.96. The minimum absolute atomic E-state index is 0.0202. The Morgan fingerprint density at radius 3 is 2.11 bits per heavy atom. The number of allylic oxidation sites excluding steroid dienone is 3. The minimum atomic E-state index is -0.489. The molecule has 2 aromatic carbocycles. The van der Waals surface area contributed by atoms with E-state index in [0.29, 0.717) is 11.3 Å². The zero-order chi connectivity index (χ0) is 28.5. The zero-order valence-corrected chi connectivity index (χ0v) is 25.1. The summed E-state index contributed by atoms with van der Waals surface area (Å²) in [6.07, 6.45) is 2.50. The van der Waals surface area contributed by atoms with Gasteiger partial charge in [-0.3, -0.25) is 14.9 Å². The molecule has 7 heteroatoms. The zero-order valence-electron chi connectivity index (χ0n) is 23.5. The van der Waals surface area contributed by atoms with Crippen LogP contribution < -0.4 is 4.74 Å². The van der Waals surface area contributed by atoms with E-state index >= 15 is 0 Å². The maximum absolute atomic E-state index is 11.0. The van der Waals surface area contributed by atoms with E-state index in [1.54, 1.807) is 18.7 Å². The van der Waals surface area contributed by atoms with Crippen molar-refractivity contribution >= 4 is 39.5 Å². The lowest BCUT2D eigenvalue weighted by Crippen LogP contribution is -2.10. The number of rotatable bonds is 8. The van der Waals surface area contributed by atoms with Crippen LogP contribution in [0.25, 0.3) is 5.57 Å². The lowest BCUT2D eigenvalue weighted by atomic mass is 9.86. The Balaban J connectivity index is 0.000000352. The Hall–Kier alpha value is -3.16. The first-order chi connectivity index (χ1) is 17.8. The van der Waals surface area contributed by atoms with Crippen LogP contribution in [0.3, 0.4) is 0 Å². The number of ether oxygens (including phenoxy) is 1. The highest BCUT2D eigenvalue weighted by Gasteiger charge is 2.15. The number of carbonyl (C=O) groups excluding carboxylic acids is 1. The number of nitro groups is 1. The largest absolute Gasteiger partial charge is 0.450 e. The fraction of sp³-hybridized carbons (Fsp3) is 0.323. The molecule has 0 radical (unpaired) electrons. The molecular formula is C31H37NO4S2. The third kappa shape index (κ3) is 9.30. The maximum atomic E-state index is 11.0. The van der Waals surface area contributed by atoms with Gasteiger partial charge in [0.05, 0.1) is 9.80 Å². The molecular weight excluding hydrogens is 514 g/mol. The summed E-state index contributed by atoms with van der Waals surface area (Å²) < 4.78 is 6.26. The van der Waals surface area contributed by atoms with Gasteiger partial charge in [0, 0.05) is 18.1 Å². The predicted molar refractivity (Wildman–Crippen MR) is 162 cm³/mol. The van der Waals surface area contributed by atoms with Crippen molar-refractivity contribution in [2.45, 2.75) is 67.2 Å². The van der Waals surface area contributed by atoms with Crippen molar-refractivity contribution in [2.24, 2.45) is 0 Å². The second-order valence-electron chi connectivity index (χ2n) is 9.83. The number of aryl methyl sites for hydroxylation is 1. The summed E-state index contributed by atoms with van der Waals surface area (Å²) in [5.41, 5.74) is 5.07. The van der Waals surface area contributed by atoms with Crippen molar-refractivity contribution in [3.8, 4) is 5.75 Å². The van der Waals surface area contributed by atoms with Crippen LogP contribution in [-0.2, 0) is 5.41 Å². The number of thioether (sulfide) groups is 1. The van der Waals surface area contributed by atoms with E-state index in [-0.39, 0.29) is 16.2 Å². The highest BCUT2D eigenvalue weighted by molar-refractivity contribution is 8.06. The highest BCUT2D eigenvalue weighted by atomic mass is 32.2. The molecule has 0 saturated heterocycles. The molecule has 0 aliphatic heterocycles. The first-order valence-corrected chi connectivity index (χ1v) is 14.1. The van der Waals surface area contributed by atoms with Gasteiger partial charge in [-0.1, -0.05) is 98.8 Å². The first-order valence-electron chi connectivity index (χ1n) is 12.5. The minimum Gasteiger partial charge on any atom is -0.450 e. The van der Waals surface area contributed by atoms with E-state index in [0.717, 1.165) is 27.8 Å². The van der Waals surface area contributed by atoms with Gasteiger partial charge in [-0.05, 0) is 67.3 Å². The summed E-state index contributed by atoms with van der Waals surface area (Å²) >= 11 is 2.60. The molecule has 0 saturated carbocycles. The number of carbonyl (C=O) groups is 1. The predicted octanol–water partition coefficient (Wildman–Crippen LogP) is 9.97. The first kappa shape index (κ1) is 31.1. The van der Waals surface area contributed by atoms with Crippen molar-refractivity contribution in [1.82, 2.24) is 0 Å². The summed E-state index contributed by atoms with van der Waals surface area (Å²) in [5.74, 6) is 0.820. The van der Waals surface area contributed by atoms with Crippen molar-refractivity contribution in [3.05, 3.63) is 108 Å². The molecule has 0 unspecified atom stereocenters. The molecule has 1 aromatic heterocycles. The quantitative estimate of drug-likeness (QED) is 0.121. The topological polar surface area (TPSA) is 69.4 Å². The van der Waals surface area contributed by atoms with Gasteiger partial charge in [0.1, 0.15) is 5.75 Å². The standard InChI is InChI=1S/C24H30OS.C7H7NO3S/c1-8-18(3)26-23(25-22-15-9-17(2)10-16-22)19(4)20-11-13-21(14-12-20)24(5,6)7;1-2-5(9)6-3-4-7(12-6)8(10)11/h8-16H,1-7H3;3-4H,2H2,1H3/b18-8-,23-19+;. The van der Waals surface area contributed by atoms with Gasteiger partial charge < -0.3 is 4.74 Å². The number of benzene rings is 2. The second kappa shape index (κ2) is 14.1. The summed E-state index contributed by atoms with van der Waals surface area (Å²) in [4.78, 5) is 22.5. The van der Waals surface area contributed by atoms with Crippen LogP contribution in [0.5, 0.6) is 5.75 Å². The summed E-state index contributed by atoms with van der Waals surface area (Å²) in [7, 11) is 0. The van der Waals surface area contributed by atoms with Crippen molar-refractivity contribution in [2.75, 3.05) is 0 Å². The lowest BCUT2D eigenvalue weighted by molar-refractivity contribution is -0.380. The Morgan fingerprint density at radius 1 is 1.03 bits per heavy atom. The Kier molecular flexibility index (Phi) is 11.5. The SMILES string of the molecule is C/C=C(/C)S/C(Oc1ccc(C)cc1)=C(\C)c1ccc(C(C)(C)C)cc1.CCC(=O)c1ccc([N+](=O)[O-])s1. The summed E-state index contributed by atoms with van der Waals surface area (Å²) in [5, 5.41) is 11.2. The third-order valence-electron chi connectivity index (χ3n) is 5.75. The van der Waals surface area contributed by atoms with Crippen LogP contribution >= 0.6 is 23.1 Å².